The Bertz CT molecular complexity index is 402. The van der Waals surface area contributed by atoms with Crippen molar-refractivity contribution in [2.45, 2.75) is 38.6 Å². The van der Waals surface area contributed by atoms with Crippen molar-refractivity contribution < 1.29 is 0 Å². The van der Waals surface area contributed by atoms with E-state index in [-0.39, 0.29) is 5.92 Å². The van der Waals surface area contributed by atoms with Gasteiger partial charge in [-0.25, -0.2) is 0 Å². The summed E-state index contributed by atoms with van der Waals surface area (Å²) < 4.78 is 1.81. The Hall–Kier alpha value is -1.50. The van der Waals surface area contributed by atoms with E-state index < -0.39 is 0 Å². The molecule has 2 rings (SSSR count). The van der Waals surface area contributed by atoms with E-state index in [0.717, 1.165) is 24.2 Å². The Balaban J connectivity index is 2.08. The molecular formula is C12H18N4. The zero-order valence-corrected chi connectivity index (χ0v) is 9.90. The fourth-order valence-corrected chi connectivity index (χ4v) is 2.40. The highest BCUT2D eigenvalue weighted by Crippen LogP contribution is 2.27. The van der Waals surface area contributed by atoms with Crippen molar-refractivity contribution in [2.24, 2.45) is 13.0 Å². The van der Waals surface area contributed by atoms with Crippen LogP contribution >= 0.6 is 0 Å². The van der Waals surface area contributed by atoms with Crippen molar-refractivity contribution in [1.29, 1.82) is 5.26 Å². The van der Waals surface area contributed by atoms with Crippen molar-refractivity contribution >= 4 is 5.69 Å². The second-order valence-electron chi connectivity index (χ2n) is 4.57. The quantitative estimate of drug-likeness (QED) is 0.828. The molecule has 86 valence electrons. The first-order valence-electron chi connectivity index (χ1n) is 5.87. The summed E-state index contributed by atoms with van der Waals surface area (Å²) >= 11 is 0. The van der Waals surface area contributed by atoms with Crippen LogP contribution in [0.2, 0.25) is 0 Å². The van der Waals surface area contributed by atoms with Crippen LogP contribution in [0.5, 0.6) is 0 Å². The minimum atomic E-state index is 0.147. The summed E-state index contributed by atoms with van der Waals surface area (Å²) in [5.41, 5.74) is 2.07. The highest BCUT2D eigenvalue weighted by atomic mass is 15.3. The second kappa shape index (κ2) is 4.56. The molecule has 4 heteroatoms. The molecular weight excluding hydrogens is 200 g/mol. The maximum Gasteiger partial charge on any atom is 0.0825 e. The summed E-state index contributed by atoms with van der Waals surface area (Å²) in [5.74, 6) is 0.147. The molecule has 2 unspecified atom stereocenters. The van der Waals surface area contributed by atoms with Crippen LogP contribution < -0.4 is 5.32 Å². The average Bonchev–Trinajstić information content (AvgIpc) is 2.58. The Morgan fingerprint density at radius 1 is 1.50 bits per heavy atom. The molecule has 0 bridgehead atoms. The van der Waals surface area contributed by atoms with Gasteiger partial charge in [-0.15, -0.1) is 0 Å². The lowest BCUT2D eigenvalue weighted by atomic mass is 9.85. The third-order valence-corrected chi connectivity index (χ3v) is 3.29. The topological polar surface area (TPSA) is 53.6 Å². The van der Waals surface area contributed by atoms with Gasteiger partial charge in [-0.3, -0.25) is 4.68 Å². The molecule has 1 fully saturated rings. The summed E-state index contributed by atoms with van der Waals surface area (Å²) in [5, 5.41) is 16.9. The number of aromatic nitrogens is 2. The number of nitriles is 1. The Morgan fingerprint density at radius 3 is 2.88 bits per heavy atom. The molecule has 0 amide bonds. The van der Waals surface area contributed by atoms with E-state index in [1.165, 1.54) is 12.8 Å². The summed E-state index contributed by atoms with van der Waals surface area (Å²) in [6.45, 7) is 1.99. The fraction of sp³-hybridized carbons (Fsp3) is 0.667. The van der Waals surface area contributed by atoms with Crippen LogP contribution in [0.15, 0.2) is 6.20 Å². The SMILES string of the molecule is Cc1nn(C)cc1NC1CCCCC1C#N. The third kappa shape index (κ3) is 2.19. The van der Waals surface area contributed by atoms with Crippen LogP contribution in [0.3, 0.4) is 0 Å². The number of hydrogen-bond acceptors (Lipinski definition) is 3. The smallest absolute Gasteiger partial charge is 0.0825 e. The van der Waals surface area contributed by atoms with E-state index in [1.807, 2.05) is 24.9 Å². The van der Waals surface area contributed by atoms with Gasteiger partial charge in [-0.05, 0) is 19.8 Å². The lowest BCUT2D eigenvalue weighted by Crippen LogP contribution is -2.31. The van der Waals surface area contributed by atoms with Gasteiger partial charge in [-0.1, -0.05) is 12.8 Å². The summed E-state index contributed by atoms with van der Waals surface area (Å²) in [6.07, 6.45) is 6.50. The van der Waals surface area contributed by atoms with Gasteiger partial charge in [0.1, 0.15) is 0 Å². The lowest BCUT2D eigenvalue weighted by molar-refractivity contribution is 0.388. The highest BCUT2D eigenvalue weighted by molar-refractivity contribution is 5.46. The minimum Gasteiger partial charge on any atom is -0.378 e. The van der Waals surface area contributed by atoms with E-state index in [4.69, 9.17) is 5.26 Å². The van der Waals surface area contributed by atoms with Crippen molar-refractivity contribution in [3.8, 4) is 6.07 Å². The van der Waals surface area contributed by atoms with E-state index in [1.54, 1.807) is 0 Å². The largest absolute Gasteiger partial charge is 0.378 e. The molecule has 2 atom stereocenters. The fourth-order valence-electron chi connectivity index (χ4n) is 2.40. The first kappa shape index (κ1) is 11.0. The maximum atomic E-state index is 9.10. The van der Waals surface area contributed by atoms with Gasteiger partial charge in [0.2, 0.25) is 0 Å². The zero-order valence-electron chi connectivity index (χ0n) is 9.90. The molecule has 1 aliphatic rings. The van der Waals surface area contributed by atoms with Gasteiger partial charge < -0.3 is 5.32 Å². The predicted octanol–water partition coefficient (Wildman–Crippen LogP) is 2.22. The van der Waals surface area contributed by atoms with Crippen LogP contribution in [0.1, 0.15) is 31.4 Å². The van der Waals surface area contributed by atoms with Crippen molar-refractivity contribution in [3.05, 3.63) is 11.9 Å². The molecule has 1 N–H and O–H groups in total. The summed E-state index contributed by atoms with van der Waals surface area (Å²) in [6, 6.07) is 2.70. The number of rotatable bonds is 2. The van der Waals surface area contributed by atoms with E-state index in [9.17, 15) is 0 Å². The minimum absolute atomic E-state index is 0.147. The van der Waals surface area contributed by atoms with Crippen molar-refractivity contribution in [2.75, 3.05) is 5.32 Å². The van der Waals surface area contributed by atoms with Crippen LogP contribution in [-0.2, 0) is 7.05 Å². The standard InChI is InChI=1S/C12H18N4/c1-9-12(8-16(2)15-9)14-11-6-4-3-5-10(11)7-13/h8,10-11,14H,3-6H2,1-2H3. The monoisotopic (exact) mass is 218 g/mol. The molecule has 1 heterocycles. The Morgan fingerprint density at radius 2 is 2.25 bits per heavy atom. The molecule has 16 heavy (non-hydrogen) atoms. The van der Waals surface area contributed by atoms with E-state index in [2.05, 4.69) is 16.5 Å². The zero-order chi connectivity index (χ0) is 11.5. The van der Waals surface area contributed by atoms with Gasteiger partial charge in [0.25, 0.3) is 0 Å². The number of nitrogens with one attached hydrogen (secondary N) is 1. The van der Waals surface area contributed by atoms with Gasteiger partial charge in [0, 0.05) is 19.3 Å². The van der Waals surface area contributed by atoms with Crippen LogP contribution in [0.4, 0.5) is 5.69 Å². The molecule has 1 aromatic heterocycles. The van der Waals surface area contributed by atoms with Gasteiger partial charge in [0.05, 0.1) is 23.4 Å². The number of aryl methyl sites for hydroxylation is 2. The van der Waals surface area contributed by atoms with Crippen LogP contribution in [0, 0.1) is 24.2 Å². The number of nitrogens with zero attached hydrogens (tertiary/aromatic N) is 3. The molecule has 0 aliphatic heterocycles. The van der Waals surface area contributed by atoms with Crippen molar-refractivity contribution in [3.63, 3.8) is 0 Å². The molecule has 4 nitrogen and oxygen atoms in total. The summed E-state index contributed by atoms with van der Waals surface area (Å²) in [4.78, 5) is 0. The molecule has 1 saturated carbocycles. The van der Waals surface area contributed by atoms with E-state index in [0.29, 0.717) is 6.04 Å². The summed E-state index contributed by atoms with van der Waals surface area (Å²) in [7, 11) is 1.92. The molecule has 0 saturated heterocycles. The van der Waals surface area contributed by atoms with Gasteiger partial charge in [-0.2, -0.15) is 10.4 Å². The molecule has 0 aromatic carbocycles. The normalized spacial score (nSPS) is 25.1. The number of anilines is 1. The predicted molar refractivity (Wildman–Crippen MR) is 62.9 cm³/mol. The third-order valence-electron chi connectivity index (χ3n) is 3.29. The number of hydrogen-bond donors (Lipinski definition) is 1. The van der Waals surface area contributed by atoms with Gasteiger partial charge in [0.15, 0.2) is 0 Å². The van der Waals surface area contributed by atoms with Crippen LogP contribution in [0.25, 0.3) is 0 Å². The molecule has 1 aliphatic carbocycles. The molecule has 0 radical (unpaired) electrons. The molecule has 0 spiro atoms. The highest BCUT2D eigenvalue weighted by Gasteiger charge is 2.25. The first-order chi connectivity index (χ1) is 7.70. The lowest BCUT2D eigenvalue weighted by Gasteiger charge is -2.28. The van der Waals surface area contributed by atoms with Crippen LogP contribution in [-0.4, -0.2) is 15.8 Å². The first-order valence-corrected chi connectivity index (χ1v) is 5.87. The second-order valence-corrected chi connectivity index (χ2v) is 4.57. The Labute approximate surface area is 96.3 Å². The van der Waals surface area contributed by atoms with E-state index >= 15 is 0 Å². The average molecular weight is 218 g/mol. The van der Waals surface area contributed by atoms with Gasteiger partial charge >= 0.3 is 0 Å². The van der Waals surface area contributed by atoms with Crippen molar-refractivity contribution in [1.82, 2.24) is 9.78 Å². The maximum absolute atomic E-state index is 9.10. The Kier molecular flexibility index (Phi) is 3.14. The molecule has 1 aromatic rings.